The third kappa shape index (κ3) is 3.50. The average molecular weight is 561 g/mol. The van der Waals surface area contributed by atoms with Crippen molar-refractivity contribution in [3.63, 3.8) is 0 Å². The van der Waals surface area contributed by atoms with Gasteiger partial charge in [0.25, 0.3) is 0 Å². The van der Waals surface area contributed by atoms with Crippen LogP contribution in [0.15, 0.2) is 76.0 Å². The van der Waals surface area contributed by atoms with E-state index in [-0.39, 0.29) is 18.1 Å². The molecule has 0 fully saturated rings. The van der Waals surface area contributed by atoms with E-state index in [0.717, 1.165) is 40.2 Å². The van der Waals surface area contributed by atoms with Crippen molar-refractivity contribution < 1.29 is 0 Å². The second kappa shape index (κ2) is 7.46. The molecule has 3 atom stereocenters. The van der Waals surface area contributed by atoms with Crippen molar-refractivity contribution in [3.8, 4) is 0 Å². The Bertz CT molecular complexity index is 1030. The summed E-state index contributed by atoms with van der Waals surface area (Å²) in [4.78, 5) is 13.0. The van der Waals surface area contributed by atoms with Gasteiger partial charge in [0.05, 0.1) is 26.8 Å². The van der Waals surface area contributed by atoms with Gasteiger partial charge in [0.2, 0.25) is 0 Å². The first-order valence-corrected chi connectivity index (χ1v) is 11.1. The molecule has 0 spiro atoms. The first-order chi connectivity index (χ1) is 13.0. The molecule has 8 heteroatoms. The number of halogens is 3. The molecule has 1 aromatic heterocycles. The van der Waals surface area contributed by atoms with Crippen LogP contribution in [0.5, 0.6) is 0 Å². The summed E-state index contributed by atoms with van der Waals surface area (Å²) in [6.45, 7) is 0. The minimum absolute atomic E-state index is 0. The number of nitrogens with zero attached hydrogens (tertiary/aromatic N) is 2. The molecule has 28 heavy (non-hydrogen) atoms. The number of fused-ring (bicyclic) bond motifs is 6. The average Bonchev–Trinajstić information content (AvgIpc) is 3.42. The predicted molar refractivity (Wildman–Crippen MR) is 127 cm³/mol. The number of aromatic amines is 1. The molecule has 2 N–H and O–H groups in total. The van der Waals surface area contributed by atoms with E-state index in [1.807, 2.05) is 24.3 Å². The number of nitrogens with one attached hydrogen (secondary N) is 2. The third-order valence-electron chi connectivity index (χ3n) is 4.70. The lowest BCUT2D eigenvalue weighted by molar-refractivity contribution is 0.750. The lowest BCUT2D eigenvalue weighted by Gasteiger charge is -2.23. The van der Waals surface area contributed by atoms with E-state index in [0.29, 0.717) is 0 Å². The minimum atomic E-state index is -0.541. The normalized spacial score (nSPS) is 30.4. The number of allylic oxidation sites excluding steroid dienone is 5. The molecular weight excluding hydrogens is 547 g/mol. The number of alkyl halides is 3. The van der Waals surface area contributed by atoms with Crippen LogP contribution in [0.3, 0.4) is 0 Å². The van der Waals surface area contributed by atoms with Gasteiger partial charge in [-0.05, 0) is 54.7 Å². The summed E-state index contributed by atoms with van der Waals surface area (Å²) < 4.78 is -0.541. The number of hydrogen-bond acceptors (Lipinski definition) is 3. The number of rotatable bonds is 0. The molecule has 4 radical (unpaired) electrons. The van der Waals surface area contributed by atoms with Crippen LogP contribution < -0.4 is 5.32 Å². The molecule has 0 aromatic carbocycles. The first kappa shape index (κ1) is 19.9. The molecule has 0 saturated heterocycles. The Morgan fingerprint density at radius 2 is 1.86 bits per heavy atom. The molecule has 5 rings (SSSR count). The van der Waals surface area contributed by atoms with Gasteiger partial charge < -0.3 is 10.3 Å². The monoisotopic (exact) mass is 558 g/mol. The van der Waals surface area contributed by atoms with Crippen LogP contribution in [0.1, 0.15) is 16.2 Å². The molecule has 8 bridgehead atoms. The largest absolute Gasteiger partial charge is 0.372 e. The quantitative estimate of drug-likeness (QED) is 0.265. The molecule has 4 aliphatic rings. The van der Waals surface area contributed by atoms with Crippen molar-refractivity contribution in [2.45, 2.75) is 14.1 Å². The van der Waals surface area contributed by atoms with E-state index >= 15 is 0 Å². The summed E-state index contributed by atoms with van der Waals surface area (Å²) in [7, 11) is 0. The number of hydrogen-bond donors (Lipinski definition) is 2. The second-order valence-corrected chi connectivity index (χ2v) is 9.75. The van der Waals surface area contributed by atoms with Crippen LogP contribution in [-0.2, 0) is 0 Å². The van der Waals surface area contributed by atoms with Crippen molar-refractivity contribution in [2.24, 2.45) is 9.98 Å². The standard InChI is InChI=1S/C20H14Br3N4.B/c21-18-15-5-3-13(25-15)9-11-1-2-12(24-11)10-14-4-6-17(26-14)19(22)20(23)8-7-16(18)27-20;/h1-10,18-19,25-26H;. The van der Waals surface area contributed by atoms with E-state index in [4.69, 9.17) is 4.99 Å². The fourth-order valence-corrected chi connectivity index (χ4v) is 4.96. The van der Waals surface area contributed by atoms with Crippen LogP contribution in [0.2, 0.25) is 0 Å². The zero-order valence-electron chi connectivity index (χ0n) is 14.5. The maximum absolute atomic E-state index is 4.95. The van der Waals surface area contributed by atoms with Gasteiger partial charge in [-0.25, -0.2) is 4.99 Å². The molecule has 0 aliphatic carbocycles. The summed E-state index contributed by atoms with van der Waals surface area (Å²) in [5.74, 6) is 0. The molecule has 0 saturated carbocycles. The Morgan fingerprint density at radius 1 is 1.00 bits per heavy atom. The number of H-pyrrole nitrogens is 1. The van der Waals surface area contributed by atoms with E-state index < -0.39 is 4.45 Å². The lowest BCUT2D eigenvalue weighted by atomic mass is 10.1. The van der Waals surface area contributed by atoms with Gasteiger partial charge in [-0.1, -0.05) is 53.9 Å². The van der Waals surface area contributed by atoms with Gasteiger partial charge in [-0.3, -0.25) is 4.99 Å². The van der Waals surface area contributed by atoms with Crippen molar-refractivity contribution in [1.82, 2.24) is 10.3 Å². The highest BCUT2D eigenvalue weighted by Gasteiger charge is 2.39. The van der Waals surface area contributed by atoms with Crippen molar-refractivity contribution in [2.75, 3.05) is 0 Å². The molecule has 3 unspecified atom stereocenters. The third-order valence-corrected chi connectivity index (χ3v) is 8.37. The summed E-state index contributed by atoms with van der Waals surface area (Å²) in [6, 6.07) is 5.19. The lowest BCUT2D eigenvalue weighted by Crippen LogP contribution is -2.28. The van der Waals surface area contributed by atoms with Crippen molar-refractivity contribution in [1.29, 1.82) is 0 Å². The molecule has 0 amide bonds. The highest BCUT2D eigenvalue weighted by molar-refractivity contribution is 9.12. The fraction of sp³-hybridized carbons (Fsp3) is 0.150. The van der Waals surface area contributed by atoms with E-state index in [1.54, 1.807) is 0 Å². The Balaban J connectivity index is 0.00000192. The van der Waals surface area contributed by atoms with Gasteiger partial charge in [-0.15, -0.1) is 0 Å². The van der Waals surface area contributed by atoms with Gasteiger partial charge in [0, 0.05) is 25.5 Å². The first-order valence-electron chi connectivity index (χ1n) is 8.47. The molecule has 4 nitrogen and oxygen atoms in total. The summed E-state index contributed by atoms with van der Waals surface area (Å²) in [5.41, 5.74) is 5.88. The van der Waals surface area contributed by atoms with Gasteiger partial charge >= 0.3 is 0 Å². The minimum Gasteiger partial charge on any atom is -0.372 e. The van der Waals surface area contributed by atoms with Crippen molar-refractivity contribution in [3.05, 3.63) is 83.5 Å². The van der Waals surface area contributed by atoms with Crippen LogP contribution in [0, 0.1) is 6.04 Å². The Labute approximate surface area is 190 Å². The fourth-order valence-electron chi connectivity index (χ4n) is 3.33. The Morgan fingerprint density at radius 3 is 2.71 bits per heavy atom. The summed E-state index contributed by atoms with van der Waals surface area (Å²) >= 11 is 11.4. The topological polar surface area (TPSA) is 52.5 Å². The Kier molecular flexibility index (Phi) is 5.31. The zero-order valence-corrected chi connectivity index (χ0v) is 19.3. The zero-order chi connectivity index (χ0) is 18.6. The van der Waals surface area contributed by atoms with Gasteiger partial charge in [0.15, 0.2) is 4.45 Å². The molecule has 4 aliphatic heterocycles. The summed E-state index contributed by atoms with van der Waals surface area (Å²) in [5, 5.41) is 3.45. The molecular formula is C20H14BBr3N4. The number of aliphatic imine (C=N–C) groups is 2. The molecule has 1 aromatic rings. The Hall–Kier alpha value is -1.38. The van der Waals surface area contributed by atoms with Crippen LogP contribution in [0.25, 0.3) is 6.08 Å². The second-order valence-electron chi connectivity index (χ2n) is 6.64. The summed E-state index contributed by atoms with van der Waals surface area (Å²) in [6.07, 6.45) is 16.4. The van der Waals surface area contributed by atoms with Crippen LogP contribution >= 0.6 is 47.8 Å². The van der Waals surface area contributed by atoms with E-state index in [9.17, 15) is 0 Å². The number of aromatic nitrogens is 1. The van der Waals surface area contributed by atoms with Gasteiger partial charge in [-0.2, -0.15) is 0 Å². The predicted octanol–water partition coefficient (Wildman–Crippen LogP) is 4.88. The van der Waals surface area contributed by atoms with Crippen molar-refractivity contribution >= 4 is 73.7 Å². The SMILES string of the molecule is BrC1[C]2C=CC(=CC3=NC(=Cc4ccc([nH]4)C(Br)C4(Br)C=CC1=N4)C=C3)N2.[B]. The highest BCUT2D eigenvalue weighted by atomic mass is 79.9. The van der Waals surface area contributed by atoms with Gasteiger partial charge in [0.1, 0.15) is 6.04 Å². The highest BCUT2D eigenvalue weighted by Crippen LogP contribution is 2.45. The van der Waals surface area contributed by atoms with Crippen LogP contribution in [0.4, 0.5) is 0 Å². The maximum atomic E-state index is 4.95. The molecule has 5 heterocycles. The van der Waals surface area contributed by atoms with Crippen LogP contribution in [-0.4, -0.2) is 34.1 Å². The van der Waals surface area contributed by atoms with E-state index in [2.05, 4.69) is 99.5 Å². The molecule has 138 valence electrons. The van der Waals surface area contributed by atoms with E-state index in [1.165, 1.54) is 0 Å². The smallest absolute Gasteiger partial charge is 0.152 e. The maximum Gasteiger partial charge on any atom is 0.152 e.